The van der Waals surface area contributed by atoms with E-state index in [1.807, 2.05) is 36.5 Å². The molecule has 0 aliphatic rings. The summed E-state index contributed by atoms with van der Waals surface area (Å²) < 4.78 is 6.03. The van der Waals surface area contributed by atoms with E-state index in [0.29, 0.717) is 12.5 Å². The van der Waals surface area contributed by atoms with Crippen LogP contribution in [0.15, 0.2) is 67.1 Å². The highest BCUT2D eigenvalue weighted by atomic mass is 16.5. The highest BCUT2D eigenvalue weighted by Crippen LogP contribution is 2.29. The Bertz CT molecular complexity index is 677. The Balaban J connectivity index is 1.74. The average molecular weight is 278 g/mol. The lowest BCUT2D eigenvalue weighted by Crippen LogP contribution is -2.07. The van der Waals surface area contributed by atoms with Gasteiger partial charge in [0.15, 0.2) is 0 Å². The normalized spacial score (nSPS) is 12.0. The molecule has 1 unspecified atom stereocenters. The van der Waals surface area contributed by atoms with Crippen LogP contribution in [-0.2, 0) is 0 Å². The molecule has 0 radical (unpaired) electrons. The van der Waals surface area contributed by atoms with Crippen molar-refractivity contribution in [3.63, 3.8) is 0 Å². The summed E-state index contributed by atoms with van der Waals surface area (Å²) in [6.07, 6.45) is 3.49. The maximum atomic E-state index is 6.03. The highest BCUT2D eigenvalue weighted by Gasteiger charge is 2.10. The van der Waals surface area contributed by atoms with Gasteiger partial charge in [-0.3, -0.25) is 0 Å². The molecular weight excluding hydrogens is 260 g/mol. The van der Waals surface area contributed by atoms with E-state index < -0.39 is 0 Å². The molecule has 0 saturated heterocycles. The van der Waals surface area contributed by atoms with Gasteiger partial charge in [-0.25, -0.2) is 4.98 Å². The fraction of sp³-hybridized carbons (Fsp3) is 0.167. The van der Waals surface area contributed by atoms with Crippen LogP contribution in [0.5, 0.6) is 5.75 Å². The average Bonchev–Trinajstić information content (AvgIpc) is 3.08. The van der Waals surface area contributed by atoms with Crippen LogP contribution in [0.3, 0.4) is 0 Å². The molecule has 106 valence electrons. The molecule has 0 aliphatic carbocycles. The fourth-order valence-corrected chi connectivity index (χ4v) is 2.31. The molecule has 0 spiro atoms. The van der Waals surface area contributed by atoms with Crippen LogP contribution in [0, 0.1) is 0 Å². The van der Waals surface area contributed by atoms with Crippen LogP contribution >= 0.6 is 0 Å². The molecule has 3 heteroatoms. The molecule has 0 bridgehead atoms. The summed E-state index contributed by atoms with van der Waals surface area (Å²) in [5.74, 6) is 1.23. The van der Waals surface area contributed by atoms with Gasteiger partial charge in [-0.15, -0.1) is 0 Å². The molecule has 1 heterocycles. The zero-order valence-electron chi connectivity index (χ0n) is 12.0. The van der Waals surface area contributed by atoms with Crippen molar-refractivity contribution >= 4 is 0 Å². The van der Waals surface area contributed by atoms with E-state index in [-0.39, 0.29) is 0 Å². The third kappa shape index (κ3) is 3.14. The number of hydrogen-bond acceptors (Lipinski definition) is 2. The van der Waals surface area contributed by atoms with Crippen molar-refractivity contribution in [1.82, 2.24) is 9.97 Å². The van der Waals surface area contributed by atoms with Crippen molar-refractivity contribution in [3.05, 3.63) is 72.7 Å². The van der Waals surface area contributed by atoms with Crippen molar-refractivity contribution in [3.8, 4) is 17.0 Å². The highest BCUT2D eigenvalue weighted by molar-refractivity contribution is 5.66. The zero-order chi connectivity index (χ0) is 14.5. The van der Waals surface area contributed by atoms with Gasteiger partial charge in [-0.05, 0) is 17.7 Å². The topological polar surface area (TPSA) is 37.9 Å². The largest absolute Gasteiger partial charge is 0.492 e. The Morgan fingerprint density at radius 2 is 1.81 bits per heavy atom. The van der Waals surface area contributed by atoms with Crippen molar-refractivity contribution in [2.75, 3.05) is 6.61 Å². The summed E-state index contributed by atoms with van der Waals surface area (Å²) in [5.41, 5.74) is 3.30. The number of H-pyrrole nitrogens is 1. The van der Waals surface area contributed by atoms with Gasteiger partial charge >= 0.3 is 0 Å². The molecule has 3 rings (SSSR count). The monoisotopic (exact) mass is 278 g/mol. The first-order chi connectivity index (χ1) is 10.3. The zero-order valence-corrected chi connectivity index (χ0v) is 12.0. The predicted molar refractivity (Wildman–Crippen MR) is 84.4 cm³/mol. The van der Waals surface area contributed by atoms with Crippen molar-refractivity contribution in [2.45, 2.75) is 12.8 Å². The van der Waals surface area contributed by atoms with Gasteiger partial charge in [0.25, 0.3) is 0 Å². The van der Waals surface area contributed by atoms with Gasteiger partial charge in [0.05, 0.1) is 24.8 Å². The van der Waals surface area contributed by atoms with Gasteiger partial charge in [-0.2, -0.15) is 0 Å². The first-order valence-electron chi connectivity index (χ1n) is 7.10. The second kappa shape index (κ2) is 6.27. The van der Waals surface area contributed by atoms with E-state index in [4.69, 9.17) is 4.74 Å². The second-order valence-corrected chi connectivity index (χ2v) is 5.08. The fourth-order valence-electron chi connectivity index (χ4n) is 2.31. The molecule has 21 heavy (non-hydrogen) atoms. The quantitative estimate of drug-likeness (QED) is 0.757. The summed E-state index contributed by atoms with van der Waals surface area (Å²) >= 11 is 0. The summed E-state index contributed by atoms with van der Waals surface area (Å²) in [6.45, 7) is 2.82. The van der Waals surface area contributed by atoms with E-state index >= 15 is 0 Å². The summed E-state index contributed by atoms with van der Waals surface area (Å²) in [6, 6.07) is 18.4. The number of para-hydroxylation sites is 1. The molecular formula is C18H18N2O. The van der Waals surface area contributed by atoms with Crippen LogP contribution in [0.2, 0.25) is 0 Å². The van der Waals surface area contributed by atoms with E-state index in [2.05, 4.69) is 41.2 Å². The first kappa shape index (κ1) is 13.4. The van der Waals surface area contributed by atoms with Crippen molar-refractivity contribution in [2.24, 2.45) is 0 Å². The SMILES string of the molecule is CC(COc1ccccc1-c1cnc[nH]1)c1ccccc1. The van der Waals surface area contributed by atoms with Crippen LogP contribution in [0.1, 0.15) is 18.4 Å². The van der Waals surface area contributed by atoms with Gasteiger partial charge in [-0.1, -0.05) is 49.4 Å². The Kier molecular flexibility index (Phi) is 4.01. The third-order valence-electron chi connectivity index (χ3n) is 3.53. The van der Waals surface area contributed by atoms with Crippen LogP contribution in [-0.4, -0.2) is 16.6 Å². The maximum absolute atomic E-state index is 6.03. The Labute approximate surface area is 124 Å². The lowest BCUT2D eigenvalue weighted by atomic mass is 10.0. The van der Waals surface area contributed by atoms with Crippen molar-refractivity contribution in [1.29, 1.82) is 0 Å². The third-order valence-corrected chi connectivity index (χ3v) is 3.53. The lowest BCUT2D eigenvalue weighted by Gasteiger charge is -2.15. The molecule has 1 N–H and O–H groups in total. The van der Waals surface area contributed by atoms with Crippen molar-refractivity contribution < 1.29 is 4.74 Å². The van der Waals surface area contributed by atoms with Crippen LogP contribution in [0.4, 0.5) is 0 Å². The summed E-state index contributed by atoms with van der Waals surface area (Å²) in [7, 11) is 0. The molecule has 0 fully saturated rings. The number of rotatable bonds is 5. The molecule has 0 aliphatic heterocycles. The first-order valence-corrected chi connectivity index (χ1v) is 7.10. The Morgan fingerprint density at radius 3 is 2.57 bits per heavy atom. The molecule has 1 atom stereocenters. The second-order valence-electron chi connectivity index (χ2n) is 5.08. The van der Waals surface area contributed by atoms with Crippen LogP contribution in [0.25, 0.3) is 11.3 Å². The standard InChI is InChI=1S/C18H18N2O/c1-14(15-7-3-2-4-8-15)12-21-18-10-6-5-9-16(18)17-11-19-13-20-17/h2-11,13-14H,12H2,1H3,(H,19,20). The van der Waals surface area contributed by atoms with Crippen LogP contribution < -0.4 is 4.74 Å². The van der Waals surface area contributed by atoms with E-state index in [1.54, 1.807) is 6.33 Å². The summed E-state index contributed by atoms with van der Waals surface area (Å²) in [4.78, 5) is 7.19. The Hall–Kier alpha value is -2.55. The minimum Gasteiger partial charge on any atom is -0.492 e. The minimum atomic E-state index is 0.348. The molecule has 3 aromatic rings. The van der Waals surface area contributed by atoms with Gasteiger partial charge in [0, 0.05) is 11.5 Å². The van der Waals surface area contributed by atoms with Gasteiger partial charge < -0.3 is 9.72 Å². The number of nitrogens with one attached hydrogen (secondary N) is 1. The van der Waals surface area contributed by atoms with Gasteiger partial charge in [0.1, 0.15) is 5.75 Å². The molecule has 1 aromatic heterocycles. The minimum absolute atomic E-state index is 0.348. The molecule has 0 amide bonds. The number of hydrogen-bond donors (Lipinski definition) is 1. The predicted octanol–water partition coefficient (Wildman–Crippen LogP) is 4.26. The Morgan fingerprint density at radius 1 is 1.05 bits per heavy atom. The number of aromatic amines is 1. The van der Waals surface area contributed by atoms with E-state index in [9.17, 15) is 0 Å². The van der Waals surface area contributed by atoms with E-state index in [1.165, 1.54) is 5.56 Å². The number of nitrogens with zero attached hydrogens (tertiary/aromatic N) is 1. The number of benzene rings is 2. The lowest BCUT2D eigenvalue weighted by molar-refractivity contribution is 0.297. The van der Waals surface area contributed by atoms with Gasteiger partial charge in [0.2, 0.25) is 0 Å². The molecule has 3 nitrogen and oxygen atoms in total. The van der Waals surface area contributed by atoms with E-state index in [0.717, 1.165) is 17.0 Å². The summed E-state index contributed by atoms with van der Waals surface area (Å²) in [5, 5.41) is 0. The smallest absolute Gasteiger partial charge is 0.128 e. The number of aromatic nitrogens is 2. The number of imidazole rings is 1. The maximum Gasteiger partial charge on any atom is 0.128 e. The number of ether oxygens (including phenoxy) is 1. The molecule has 2 aromatic carbocycles. The molecule has 0 saturated carbocycles.